The highest BCUT2D eigenvalue weighted by atomic mass is 32.1. The maximum atomic E-state index is 12.3. The Balaban J connectivity index is 1.69. The van der Waals surface area contributed by atoms with Crippen LogP contribution in [0.1, 0.15) is 47.2 Å². The van der Waals surface area contributed by atoms with E-state index in [1.807, 2.05) is 11.4 Å². The van der Waals surface area contributed by atoms with Gasteiger partial charge >= 0.3 is 5.97 Å². The van der Waals surface area contributed by atoms with Crippen molar-refractivity contribution in [2.45, 2.75) is 25.7 Å². The molecule has 1 amide bonds. The van der Waals surface area contributed by atoms with Crippen LogP contribution in [0.4, 0.5) is 5.00 Å². The Kier molecular flexibility index (Phi) is 5.54. The van der Waals surface area contributed by atoms with E-state index in [1.54, 1.807) is 31.2 Å². The summed E-state index contributed by atoms with van der Waals surface area (Å²) >= 11 is 1.32. The van der Waals surface area contributed by atoms with Crippen molar-refractivity contribution in [2.24, 2.45) is 0 Å². The Morgan fingerprint density at radius 2 is 2.12 bits per heavy atom. The number of carbonyl (C=O) groups is 2. The van der Waals surface area contributed by atoms with Crippen LogP contribution in [0.2, 0.25) is 0 Å². The molecule has 0 unspecified atom stereocenters. The van der Waals surface area contributed by atoms with E-state index in [0.717, 1.165) is 18.4 Å². The van der Waals surface area contributed by atoms with Crippen molar-refractivity contribution in [3.63, 3.8) is 0 Å². The fraction of sp³-hybridized carbons (Fsp3) is 0.316. The van der Waals surface area contributed by atoms with Gasteiger partial charge in [-0.15, -0.1) is 11.3 Å². The smallest absolute Gasteiger partial charge is 0.341 e. The summed E-state index contributed by atoms with van der Waals surface area (Å²) in [5.74, 6) is -0.0927. The van der Waals surface area contributed by atoms with E-state index in [2.05, 4.69) is 5.32 Å². The molecule has 3 rings (SSSR count). The quantitative estimate of drug-likeness (QED) is 0.751. The molecule has 1 heterocycles. The highest BCUT2D eigenvalue weighted by Crippen LogP contribution is 2.46. The molecule has 2 aromatic rings. The Morgan fingerprint density at radius 3 is 2.81 bits per heavy atom. The second-order valence-corrected chi connectivity index (χ2v) is 6.71. The van der Waals surface area contributed by atoms with Gasteiger partial charge in [0.15, 0.2) is 6.61 Å². The van der Waals surface area contributed by atoms with Crippen LogP contribution >= 0.6 is 11.3 Å². The summed E-state index contributed by atoms with van der Waals surface area (Å²) in [6.07, 6.45) is 2.09. The molecule has 1 aliphatic carbocycles. The van der Waals surface area contributed by atoms with Crippen LogP contribution in [0.5, 0.6) is 5.75 Å². The van der Waals surface area contributed by atoms with Gasteiger partial charge in [0.25, 0.3) is 5.91 Å². The number of hydrogen-bond donors (Lipinski definition) is 1. The number of esters is 1. The van der Waals surface area contributed by atoms with E-state index in [0.29, 0.717) is 27.8 Å². The first-order valence-corrected chi connectivity index (χ1v) is 9.22. The molecule has 0 spiro atoms. The Morgan fingerprint density at radius 1 is 1.35 bits per heavy atom. The lowest BCUT2D eigenvalue weighted by Gasteiger charge is -2.10. The van der Waals surface area contributed by atoms with Gasteiger partial charge in [-0.2, -0.15) is 5.26 Å². The number of ether oxygens (including phenoxy) is 2. The van der Waals surface area contributed by atoms with Gasteiger partial charge in [-0.3, -0.25) is 4.79 Å². The summed E-state index contributed by atoms with van der Waals surface area (Å²) in [6, 6.07) is 8.72. The Labute approximate surface area is 155 Å². The number of hydrogen-bond acceptors (Lipinski definition) is 6. The number of amides is 1. The molecular weight excluding hydrogens is 352 g/mol. The fourth-order valence-corrected chi connectivity index (χ4v) is 3.61. The Hall–Kier alpha value is -2.85. The molecule has 0 radical (unpaired) electrons. The number of nitrogens with one attached hydrogen (secondary N) is 1. The first kappa shape index (κ1) is 18.0. The second kappa shape index (κ2) is 8.02. The third kappa shape index (κ3) is 4.03. The number of anilines is 1. The van der Waals surface area contributed by atoms with Crippen molar-refractivity contribution in [3.05, 3.63) is 46.3 Å². The van der Waals surface area contributed by atoms with Crippen molar-refractivity contribution in [2.75, 3.05) is 18.5 Å². The highest BCUT2D eigenvalue weighted by Gasteiger charge is 2.32. The number of nitrogens with zero attached hydrogens (tertiary/aromatic N) is 1. The summed E-state index contributed by atoms with van der Waals surface area (Å²) in [5, 5.41) is 14.2. The SMILES string of the molecule is CCOC(=O)c1c(C2CC2)csc1NC(=O)COc1ccccc1C#N. The molecule has 1 aromatic carbocycles. The summed E-state index contributed by atoms with van der Waals surface area (Å²) in [5.41, 5.74) is 1.75. The van der Waals surface area contributed by atoms with Gasteiger partial charge in [0.2, 0.25) is 0 Å². The molecule has 1 aromatic heterocycles. The van der Waals surface area contributed by atoms with Gasteiger partial charge in [0, 0.05) is 0 Å². The summed E-state index contributed by atoms with van der Waals surface area (Å²) in [6.45, 7) is 1.78. The zero-order chi connectivity index (χ0) is 18.5. The van der Waals surface area contributed by atoms with E-state index in [-0.39, 0.29) is 13.2 Å². The first-order valence-electron chi connectivity index (χ1n) is 8.34. The molecule has 7 heteroatoms. The molecule has 1 aliphatic rings. The maximum Gasteiger partial charge on any atom is 0.341 e. The van der Waals surface area contributed by atoms with Crippen molar-refractivity contribution in [1.29, 1.82) is 5.26 Å². The van der Waals surface area contributed by atoms with E-state index in [1.165, 1.54) is 11.3 Å². The number of carbonyl (C=O) groups excluding carboxylic acids is 2. The molecule has 1 saturated carbocycles. The molecule has 1 N–H and O–H groups in total. The summed E-state index contributed by atoms with van der Waals surface area (Å²) < 4.78 is 10.6. The minimum atomic E-state index is -0.415. The number of benzene rings is 1. The molecule has 6 nitrogen and oxygen atoms in total. The van der Waals surface area contributed by atoms with Crippen molar-refractivity contribution >= 4 is 28.2 Å². The van der Waals surface area contributed by atoms with Gasteiger partial charge in [-0.1, -0.05) is 12.1 Å². The standard InChI is InChI=1S/C19H18N2O4S/c1-2-24-19(23)17-14(12-7-8-12)11-26-18(17)21-16(22)10-25-15-6-4-3-5-13(15)9-20/h3-6,11-12H,2,7-8,10H2,1H3,(H,21,22). The van der Waals surface area contributed by atoms with E-state index >= 15 is 0 Å². The molecule has 1 fully saturated rings. The molecule has 0 bridgehead atoms. The van der Waals surface area contributed by atoms with Crippen LogP contribution in [0.3, 0.4) is 0 Å². The van der Waals surface area contributed by atoms with Crippen LogP contribution in [-0.4, -0.2) is 25.1 Å². The number of thiophene rings is 1. The van der Waals surface area contributed by atoms with E-state index in [9.17, 15) is 9.59 Å². The van der Waals surface area contributed by atoms with Crippen molar-refractivity contribution < 1.29 is 19.1 Å². The second-order valence-electron chi connectivity index (χ2n) is 5.83. The zero-order valence-corrected chi connectivity index (χ0v) is 15.1. The maximum absolute atomic E-state index is 12.3. The monoisotopic (exact) mass is 370 g/mol. The molecule has 134 valence electrons. The van der Waals surface area contributed by atoms with Crippen molar-refractivity contribution in [3.8, 4) is 11.8 Å². The van der Waals surface area contributed by atoms with Crippen LogP contribution in [-0.2, 0) is 9.53 Å². The van der Waals surface area contributed by atoms with Gasteiger partial charge in [-0.05, 0) is 48.8 Å². The predicted octanol–water partition coefficient (Wildman–Crippen LogP) is 3.69. The minimum absolute atomic E-state index is 0.252. The predicted molar refractivity (Wildman–Crippen MR) is 97.5 cm³/mol. The van der Waals surface area contributed by atoms with Crippen LogP contribution in [0, 0.1) is 11.3 Å². The fourth-order valence-electron chi connectivity index (χ4n) is 2.56. The number of rotatable bonds is 7. The third-order valence-corrected chi connectivity index (χ3v) is 4.85. The lowest BCUT2D eigenvalue weighted by molar-refractivity contribution is -0.118. The lowest BCUT2D eigenvalue weighted by atomic mass is 10.1. The van der Waals surface area contributed by atoms with Gasteiger partial charge in [-0.25, -0.2) is 4.79 Å². The average Bonchev–Trinajstić information content (AvgIpc) is 3.41. The normalized spacial score (nSPS) is 12.9. The summed E-state index contributed by atoms with van der Waals surface area (Å²) in [7, 11) is 0. The van der Waals surface area contributed by atoms with Gasteiger partial charge in [0.1, 0.15) is 16.8 Å². The van der Waals surface area contributed by atoms with Crippen LogP contribution in [0.25, 0.3) is 0 Å². The van der Waals surface area contributed by atoms with E-state index in [4.69, 9.17) is 14.7 Å². The van der Waals surface area contributed by atoms with E-state index < -0.39 is 11.9 Å². The molecule has 26 heavy (non-hydrogen) atoms. The van der Waals surface area contributed by atoms with Gasteiger partial charge in [0.05, 0.1) is 17.7 Å². The first-order chi connectivity index (χ1) is 12.6. The molecule has 0 aliphatic heterocycles. The molecular formula is C19H18N2O4S. The molecule has 0 atom stereocenters. The Bertz CT molecular complexity index is 865. The lowest BCUT2D eigenvalue weighted by Crippen LogP contribution is -2.21. The number of nitriles is 1. The summed E-state index contributed by atoms with van der Waals surface area (Å²) in [4.78, 5) is 24.5. The van der Waals surface area contributed by atoms with Gasteiger partial charge < -0.3 is 14.8 Å². The highest BCUT2D eigenvalue weighted by molar-refractivity contribution is 7.15. The molecule has 0 saturated heterocycles. The van der Waals surface area contributed by atoms with Crippen molar-refractivity contribution in [1.82, 2.24) is 0 Å². The topological polar surface area (TPSA) is 88.4 Å². The minimum Gasteiger partial charge on any atom is -0.482 e. The zero-order valence-electron chi connectivity index (χ0n) is 14.3. The number of para-hydroxylation sites is 1. The van der Waals surface area contributed by atoms with Crippen LogP contribution in [0.15, 0.2) is 29.6 Å². The average molecular weight is 370 g/mol. The van der Waals surface area contributed by atoms with Crippen LogP contribution < -0.4 is 10.1 Å². The third-order valence-electron chi connectivity index (χ3n) is 3.94. The largest absolute Gasteiger partial charge is 0.482 e.